The van der Waals surface area contributed by atoms with E-state index in [9.17, 15) is 4.79 Å². The lowest BCUT2D eigenvalue weighted by molar-refractivity contribution is 0.106. The Morgan fingerprint density at radius 1 is 1.26 bits per heavy atom. The van der Waals surface area contributed by atoms with E-state index in [4.69, 9.17) is 10.2 Å². The van der Waals surface area contributed by atoms with Crippen molar-refractivity contribution in [2.45, 2.75) is 58.7 Å². The maximum atomic E-state index is 12.8. The van der Waals surface area contributed by atoms with Crippen molar-refractivity contribution in [2.75, 3.05) is 18.0 Å². The summed E-state index contributed by atoms with van der Waals surface area (Å²) >= 11 is 1.75. The standard InChI is InChI=1S/C26H31N7OS/c1-6-21-15-31(23-12-25(34)30(5)33-14-20(9-10-27)29-26(23)33)16(2)13-32(21)17(3)19-7-8-22-24(11-19)35-18(4)28-22/h7-8,11-12,14,16-17,21H,6,9,13,15H2,1-5H3/t16-,17?,21+/m0/s1. The number of piperazine rings is 1. The third-order valence-corrected chi connectivity index (χ3v) is 8.23. The minimum atomic E-state index is -0.0855. The fourth-order valence-electron chi connectivity index (χ4n) is 5.33. The number of thiazole rings is 1. The SMILES string of the molecule is CC[C@@H]1CN(c2cc(=O)n(C)n3cc(CC#N)nc23)[C@@H](C)CN1C(C)c1ccc2nc(C)sc2c1. The molecule has 0 aliphatic carbocycles. The lowest BCUT2D eigenvalue weighted by Crippen LogP contribution is -2.58. The van der Waals surface area contributed by atoms with Crippen molar-refractivity contribution in [1.29, 1.82) is 5.26 Å². The molecule has 1 aliphatic heterocycles. The van der Waals surface area contributed by atoms with Crippen molar-refractivity contribution in [3.8, 4) is 6.07 Å². The summed E-state index contributed by atoms with van der Waals surface area (Å²) in [7, 11) is 1.73. The second kappa shape index (κ2) is 9.10. The van der Waals surface area contributed by atoms with Crippen molar-refractivity contribution < 1.29 is 0 Å². The quantitative estimate of drug-likeness (QED) is 0.420. The number of aryl methyl sites for hydroxylation is 2. The van der Waals surface area contributed by atoms with Gasteiger partial charge >= 0.3 is 0 Å². The van der Waals surface area contributed by atoms with Crippen LogP contribution < -0.4 is 10.5 Å². The van der Waals surface area contributed by atoms with Gasteiger partial charge in [-0.3, -0.25) is 9.69 Å². The van der Waals surface area contributed by atoms with Crippen LogP contribution in [0.5, 0.6) is 0 Å². The average Bonchev–Trinajstić information content (AvgIpc) is 3.43. The first-order valence-electron chi connectivity index (χ1n) is 12.2. The first kappa shape index (κ1) is 23.5. The molecule has 0 amide bonds. The summed E-state index contributed by atoms with van der Waals surface area (Å²) in [6.45, 7) is 10.5. The van der Waals surface area contributed by atoms with Crippen LogP contribution in [-0.2, 0) is 13.5 Å². The number of imidazole rings is 1. The molecule has 9 heteroatoms. The van der Waals surface area contributed by atoms with Gasteiger partial charge in [0, 0.05) is 44.3 Å². The minimum Gasteiger partial charge on any atom is -0.363 e. The summed E-state index contributed by atoms with van der Waals surface area (Å²) in [6, 6.07) is 11.3. The number of nitriles is 1. The summed E-state index contributed by atoms with van der Waals surface area (Å²) < 4.78 is 4.56. The van der Waals surface area contributed by atoms with E-state index >= 15 is 0 Å². The molecule has 1 fully saturated rings. The first-order chi connectivity index (χ1) is 16.8. The number of fused-ring (bicyclic) bond motifs is 2. The van der Waals surface area contributed by atoms with Crippen molar-refractivity contribution in [1.82, 2.24) is 24.1 Å². The van der Waals surface area contributed by atoms with Crippen molar-refractivity contribution >= 4 is 32.9 Å². The number of nitrogens with zero attached hydrogens (tertiary/aromatic N) is 7. The number of hydrogen-bond donors (Lipinski definition) is 0. The van der Waals surface area contributed by atoms with Crippen LogP contribution in [-0.4, -0.2) is 49.2 Å². The van der Waals surface area contributed by atoms with E-state index in [0.717, 1.165) is 41.4 Å². The molecule has 0 radical (unpaired) electrons. The highest BCUT2D eigenvalue weighted by atomic mass is 32.1. The van der Waals surface area contributed by atoms with Gasteiger partial charge in [0.2, 0.25) is 0 Å². The van der Waals surface area contributed by atoms with Gasteiger partial charge in [0.1, 0.15) is 0 Å². The van der Waals surface area contributed by atoms with E-state index < -0.39 is 0 Å². The largest absolute Gasteiger partial charge is 0.363 e. The van der Waals surface area contributed by atoms with Gasteiger partial charge < -0.3 is 4.90 Å². The molecule has 1 unspecified atom stereocenters. The van der Waals surface area contributed by atoms with Crippen LogP contribution in [0.3, 0.4) is 0 Å². The Kier molecular flexibility index (Phi) is 6.11. The number of anilines is 1. The number of rotatable bonds is 5. The number of aromatic nitrogens is 4. The topological polar surface area (TPSA) is 82.5 Å². The van der Waals surface area contributed by atoms with E-state index in [1.807, 2.05) is 0 Å². The molecule has 4 heterocycles. The Hall–Kier alpha value is -3.22. The van der Waals surface area contributed by atoms with Crippen molar-refractivity contribution in [2.24, 2.45) is 7.05 Å². The van der Waals surface area contributed by atoms with Crippen LogP contribution in [0.15, 0.2) is 35.3 Å². The van der Waals surface area contributed by atoms with Crippen molar-refractivity contribution in [3.05, 3.63) is 57.1 Å². The predicted molar refractivity (Wildman–Crippen MR) is 140 cm³/mol. The van der Waals surface area contributed by atoms with E-state index in [1.165, 1.54) is 10.3 Å². The van der Waals surface area contributed by atoms with Crippen LogP contribution in [0.4, 0.5) is 5.69 Å². The normalized spacial score (nSPS) is 19.9. The highest BCUT2D eigenvalue weighted by Crippen LogP contribution is 2.34. The fraction of sp³-hybridized carbons (Fsp3) is 0.462. The second-order valence-corrected chi connectivity index (χ2v) is 10.8. The highest BCUT2D eigenvalue weighted by molar-refractivity contribution is 7.18. The zero-order chi connectivity index (χ0) is 24.9. The maximum absolute atomic E-state index is 12.8. The number of benzene rings is 1. The van der Waals surface area contributed by atoms with E-state index in [1.54, 1.807) is 39.8 Å². The Balaban J connectivity index is 1.48. The molecular weight excluding hydrogens is 458 g/mol. The zero-order valence-electron chi connectivity index (χ0n) is 20.9. The zero-order valence-corrected chi connectivity index (χ0v) is 21.7. The highest BCUT2D eigenvalue weighted by Gasteiger charge is 2.35. The predicted octanol–water partition coefficient (Wildman–Crippen LogP) is 4.07. The summed E-state index contributed by atoms with van der Waals surface area (Å²) in [4.78, 5) is 27.0. The van der Waals surface area contributed by atoms with Gasteiger partial charge in [0.05, 0.1) is 45.3 Å². The minimum absolute atomic E-state index is 0.0855. The Morgan fingerprint density at radius 2 is 2.06 bits per heavy atom. The third kappa shape index (κ3) is 4.11. The molecule has 0 N–H and O–H groups in total. The summed E-state index contributed by atoms with van der Waals surface area (Å²) in [6.07, 6.45) is 3.02. The average molecular weight is 490 g/mol. The van der Waals surface area contributed by atoms with Gasteiger partial charge in [-0.2, -0.15) is 5.26 Å². The van der Waals surface area contributed by atoms with E-state index in [0.29, 0.717) is 11.7 Å². The van der Waals surface area contributed by atoms with E-state index in [-0.39, 0.29) is 24.1 Å². The second-order valence-electron chi connectivity index (χ2n) is 9.52. The van der Waals surface area contributed by atoms with Crippen LogP contribution >= 0.6 is 11.3 Å². The third-order valence-electron chi connectivity index (χ3n) is 7.29. The molecule has 4 aromatic rings. The van der Waals surface area contributed by atoms with Gasteiger partial charge in [0.25, 0.3) is 5.56 Å². The molecule has 1 aromatic carbocycles. The summed E-state index contributed by atoms with van der Waals surface area (Å²) in [5, 5.41) is 10.2. The van der Waals surface area contributed by atoms with Crippen LogP contribution in [0, 0.1) is 18.3 Å². The maximum Gasteiger partial charge on any atom is 0.267 e. The van der Waals surface area contributed by atoms with Crippen molar-refractivity contribution in [3.63, 3.8) is 0 Å². The molecule has 8 nitrogen and oxygen atoms in total. The lowest BCUT2D eigenvalue weighted by Gasteiger charge is -2.48. The van der Waals surface area contributed by atoms with Gasteiger partial charge in [0.15, 0.2) is 5.65 Å². The Bertz CT molecular complexity index is 1490. The summed E-state index contributed by atoms with van der Waals surface area (Å²) in [5.74, 6) is 0. The van der Waals surface area contributed by atoms with Gasteiger partial charge in [-0.05, 0) is 44.9 Å². The molecule has 0 spiro atoms. The molecule has 0 saturated carbocycles. The molecule has 35 heavy (non-hydrogen) atoms. The first-order valence-corrected chi connectivity index (χ1v) is 13.0. The summed E-state index contributed by atoms with van der Waals surface area (Å²) in [5.41, 5.74) is 4.54. The fourth-order valence-corrected chi connectivity index (χ4v) is 6.20. The molecule has 1 saturated heterocycles. The molecule has 3 aromatic heterocycles. The molecule has 1 aliphatic rings. The lowest BCUT2D eigenvalue weighted by atomic mass is 9.98. The molecular formula is C26H31N7OS. The van der Waals surface area contributed by atoms with E-state index in [2.05, 4.69) is 66.7 Å². The van der Waals surface area contributed by atoms with Gasteiger partial charge in [-0.15, -0.1) is 11.3 Å². The Morgan fingerprint density at radius 3 is 2.80 bits per heavy atom. The van der Waals surface area contributed by atoms with Crippen LogP contribution in [0.1, 0.15) is 49.5 Å². The molecule has 5 rings (SSSR count). The van der Waals surface area contributed by atoms with Gasteiger partial charge in [-0.25, -0.2) is 19.2 Å². The monoisotopic (exact) mass is 489 g/mol. The molecule has 0 bridgehead atoms. The Labute approximate surface area is 209 Å². The smallest absolute Gasteiger partial charge is 0.267 e. The van der Waals surface area contributed by atoms with Gasteiger partial charge in [-0.1, -0.05) is 13.0 Å². The van der Waals surface area contributed by atoms with Crippen LogP contribution in [0.2, 0.25) is 0 Å². The van der Waals surface area contributed by atoms with Crippen LogP contribution in [0.25, 0.3) is 15.9 Å². The molecule has 182 valence electrons. The number of hydrogen-bond acceptors (Lipinski definition) is 7. The molecule has 3 atom stereocenters.